The molecule has 1 aliphatic heterocycles. The van der Waals surface area contributed by atoms with Gasteiger partial charge >= 0.3 is 0 Å². The van der Waals surface area contributed by atoms with Gasteiger partial charge in [-0.2, -0.15) is 10.2 Å². The summed E-state index contributed by atoms with van der Waals surface area (Å²) in [6.07, 6.45) is 3.37. The van der Waals surface area contributed by atoms with Crippen LogP contribution >= 0.6 is 22.6 Å². The molecule has 0 aliphatic carbocycles. The van der Waals surface area contributed by atoms with Crippen molar-refractivity contribution in [3.05, 3.63) is 33.0 Å². The number of likely N-dealkylation sites (tertiary alicyclic amines) is 1. The molecule has 0 unspecified atom stereocenters. The van der Waals surface area contributed by atoms with E-state index in [1.54, 1.807) is 7.11 Å². The first kappa shape index (κ1) is 23.3. The van der Waals surface area contributed by atoms with Crippen LogP contribution in [0.4, 0.5) is 11.8 Å². The first-order valence-corrected chi connectivity index (χ1v) is 11.2. The Bertz CT molecular complexity index is 928. The van der Waals surface area contributed by atoms with Gasteiger partial charge in [0.05, 0.1) is 16.4 Å². The van der Waals surface area contributed by atoms with E-state index in [4.69, 9.17) is 25.2 Å². The number of nitrogens with two attached hydrogens (primary N) is 1. The van der Waals surface area contributed by atoms with Crippen LogP contribution in [-0.2, 0) is 11.3 Å². The number of aromatic nitrogens is 2. The molecule has 1 aromatic heterocycles. The lowest BCUT2D eigenvalue weighted by Crippen LogP contribution is -2.39. The van der Waals surface area contributed by atoms with Crippen LogP contribution in [0, 0.1) is 14.9 Å². The Balaban J connectivity index is 1.59. The van der Waals surface area contributed by atoms with E-state index in [9.17, 15) is 0 Å². The van der Waals surface area contributed by atoms with Gasteiger partial charge in [0, 0.05) is 32.8 Å². The molecule has 0 saturated carbocycles. The van der Waals surface area contributed by atoms with E-state index in [1.807, 2.05) is 13.0 Å². The summed E-state index contributed by atoms with van der Waals surface area (Å²) in [5.41, 5.74) is 7.21. The van der Waals surface area contributed by atoms with Crippen molar-refractivity contribution in [3.8, 4) is 17.6 Å². The Morgan fingerprint density at radius 3 is 2.61 bits per heavy atom. The Kier molecular flexibility index (Phi) is 8.51. The number of hydrogen-bond donors (Lipinski definition) is 2. The normalized spacial score (nSPS) is 14.8. The zero-order valence-corrected chi connectivity index (χ0v) is 19.9. The van der Waals surface area contributed by atoms with Crippen LogP contribution < -0.4 is 20.5 Å². The van der Waals surface area contributed by atoms with Crippen molar-refractivity contribution >= 4 is 34.4 Å². The molecule has 1 aliphatic rings. The van der Waals surface area contributed by atoms with Gasteiger partial charge in [-0.25, -0.2) is 4.98 Å². The van der Waals surface area contributed by atoms with Gasteiger partial charge in [0.15, 0.2) is 6.79 Å². The van der Waals surface area contributed by atoms with E-state index in [-0.39, 0.29) is 24.2 Å². The molecule has 9 nitrogen and oxygen atoms in total. The standard InChI is InChI=1S/C21H27IN6O3/c1-3-30-17-8-14(9-18(19(17)22)31-13-29-2)12-28-6-4-16(5-7-28)26-21-25-11-15(10-23)20(24)27-21/h8-9,11,16H,3-7,12-13H2,1-2H3,(H3,24,25,26,27). The lowest BCUT2D eigenvalue weighted by atomic mass is 10.0. The number of benzene rings is 1. The van der Waals surface area contributed by atoms with E-state index < -0.39 is 0 Å². The number of piperidine rings is 1. The first-order chi connectivity index (χ1) is 15.0. The largest absolute Gasteiger partial charge is 0.493 e. The van der Waals surface area contributed by atoms with Crippen LogP contribution in [0.25, 0.3) is 0 Å². The monoisotopic (exact) mass is 538 g/mol. The molecule has 0 spiro atoms. The summed E-state index contributed by atoms with van der Waals surface area (Å²) in [4.78, 5) is 10.8. The number of anilines is 2. The average Bonchev–Trinajstić information content (AvgIpc) is 2.76. The summed E-state index contributed by atoms with van der Waals surface area (Å²) in [7, 11) is 1.61. The number of nitriles is 1. The highest BCUT2D eigenvalue weighted by Crippen LogP contribution is 2.33. The SMILES string of the molecule is CCOc1cc(CN2CCC(Nc3ncc(C#N)c(N)n3)CC2)cc(OCOC)c1I. The van der Waals surface area contributed by atoms with E-state index in [0.29, 0.717) is 12.6 Å². The van der Waals surface area contributed by atoms with Crippen LogP contribution in [0.15, 0.2) is 18.3 Å². The summed E-state index contributed by atoms with van der Waals surface area (Å²) in [6.45, 7) is 5.46. The topological polar surface area (TPSA) is 119 Å². The maximum Gasteiger partial charge on any atom is 0.224 e. The molecule has 1 fully saturated rings. The minimum Gasteiger partial charge on any atom is -0.493 e. The molecule has 3 rings (SSSR count). The highest BCUT2D eigenvalue weighted by atomic mass is 127. The zero-order chi connectivity index (χ0) is 22.2. The lowest BCUT2D eigenvalue weighted by molar-refractivity contribution is 0.0501. The minimum atomic E-state index is 0.198. The second-order valence-corrected chi connectivity index (χ2v) is 8.27. The van der Waals surface area contributed by atoms with Gasteiger partial charge in [0.25, 0.3) is 0 Å². The molecule has 3 N–H and O–H groups in total. The van der Waals surface area contributed by atoms with Gasteiger partial charge in [0.1, 0.15) is 28.9 Å². The third kappa shape index (κ3) is 6.32. The summed E-state index contributed by atoms with van der Waals surface area (Å²) < 4.78 is 17.5. The maximum absolute atomic E-state index is 8.94. The van der Waals surface area contributed by atoms with Crippen molar-refractivity contribution in [3.63, 3.8) is 0 Å². The van der Waals surface area contributed by atoms with Crippen molar-refractivity contribution in [2.75, 3.05) is 44.6 Å². The van der Waals surface area contributed by atoms with Crippen molar-refractivity contribution < 1.29 is 14.2 Å². The maximum atomic E-state index is 8.94. The number of halogens is 1. The van der Waals surface area contributed by atoms with Gasteiger partial charge in [-0.1, -0.05) is 0 Å². The predicted molar refractivity (Wildman–Crippen MR) is 126 cm³/mol. The number of nitrogen functional groups attached to an aromatic ring is 1. The fourth-order valence-corrected chi connectivity index (χ4v) is 4.06. The van der Waals surface area contributed by atoms with E-state index in [1.165, 1.54) is 6.20 Å². The minimum absolute atomic E-state index is 0.198. The Morgan fingerprint density at radius 1 is 1.29 bits per heavy atom. The Hall–Kier alpha value is -2.36. The second kappa shape index (κ2) is 11.3. The molecular formula is C21H27IN6O3. The molecule has 166 valence electrons. The average molecular weight is 538 g/mol. The Morgan fingerprint density at radius 2 is 2.00 bits per heavy atom. The van der Waals surface area contributed by atoms with Crippen LogP contribution in [0.1, 0.15) is 30.9 Å². The predicted octanol–water partition coefficient (Wildman–Crippen LogP) is 2.99. The molecule has 0 amide bonds. The molecule has 0 atom stereocenters. The molecule has 10 heteroatoms. The van der Waals surface area contributed by atoms with Crippen molar-refractivity contribution in [1.82, 2.24) is 14.9 Å². The highest BCUT2D eigenvalue weighted by molar-refractivity contribution is 14.1. The smallest absolute Gasteiger partial charge is 0.224 e. The third-order valence-corrected chi connectivity index (χ3v) is 6.03. The second-order valence-electron chi connectivity index (χ2n) is 7.19. The third-order valence-electron chi connectivity index (χ3n) is 4.96. The number of methoxy groups -OCH3 is 1. The summed E-state index contributed by atoms with van der Waals surface area (Å²) in [5, 5.41) is 12.3. The van der Waals surface area contributed by atoms with Gasteiger partial charge in [-0.15, -0.1) is 0 Å². The fourth-order valence-electron chi connectivity index (χ4n) is 3.43. The number of nitrogens with one attached hydrogen (secondary N) is 1. The molecule has 0 bridgehead atoms. The fraction of sp³-hybridized carbons (Fsp3) is 0.476. The van der Waals surface area contributed by atoms with Crippen molar-refractivity contribution in [2.24, 2.45) is 0 Å². The van der Waals surface area contributed by atoms with Crippen molar-refractivity contribution in [2.45, 2.75) is 32.4 Å². The lowest BCUT2D eigenvalue weighted by Gasteiger charge is -2.32. The van der Waals surface area contributed by atoms with Crippen LogP contribution in [0.2, 0.25) is 0 Å². The van der Waals surface area contributed by atoms with E-state index in [0.717, 1.165) is 53.1 Å². The molecule has 2 aromatic rings. The van der Waals surface area contributed by atoms with Crippen LogP contribution in [0.5, 0.6) is 11.5 Å². The zero-order valence-electron chi connectivity index (χ0n) is 17.7. The number of hydrogen-bond acceptors (Lipinski definition) is 9. The van der Waals surface area contributed by atoms with E-state index in [2.05, 4.69) is 54.9 Å². The van der Waals surface area contributed by atoms with E-state index >= 15 is 0 Å². The van der Waals surface area contributed by atoms with Gasteiger partial charge in [-0.3, -0.25) is 4.90 Å². The summed E-state index contributed by atoms with van der Waals surface area (Å²) in [6, 6.07) is 6.38. The summed E-state index contributed by atoms with van der Waals surface area (Å²) in [5.74, 6) is 2.27. The van der Waals surface area contributed by atoms with Gasteiger partial charge < -0.3 is 25.3 Å². The number of rotatable bonds is 9. The Labute approximate surface area is 196 Å². The van der Waals surface area contributed by atoms with Crippen LogP contribution in [0.3, 0.4) is 0 Å². The molecule has 1 saturated heterocycles. The molecule has 2 heterocycles. The molecule has 0 radical (unpaired) electrons. The van der Waals surface area contributed by atoms with Gasteiger partial charge in [-0.05, 0) is 60.1 Å². The summed E-state index contributed by atoms with van der Waals surface area (Å²) >= 11 is 2.25. The first-order valence-electron chi connectivity index (χ1n) is 10.1. The molecule has 1 aromatic carbocycles. The highest BCUT2D eigenvalue weighted by Gasteiger charge is 2.21. The molecular weight excluding hydrogens is 511 g/mol. The van der Waals surface area contributed by atoms with Gasteiger partial charge in [0.2, 0.25) is 5.95 Å². The van der Waals surface area contributed by atoms with Crippen molar-refractivity contribution in [1.29, 1.82) is 5.26 Å². The number of nitrogens with zero attached hydrogens (tertiary/aromatic N) is 4. The quantitative estimate of drug-likeness (QED) is 0.367. The molecule has 31 heavy (non-hydrogen) atoms. The number of ether oxygens (including phenoxy) is 3. The van der Waals surface area contributed by atoms with Crippen LogP contribution in [-0.4, -0.2) is 54.5 Å².